The monoisotopic (exact) mass is 286 g/mol. The first-order chi connectivity index (χ1) is 9.40. The molecule has 0 aliphatic carbocycles. The first-order valence-corrected chi connectivity index (χ1v) is 7.69. The second-order valence-corrected chi connectivity index (χ2v) is 5.76. The SMILES string of the molecule is C=CCSc1nccs1.c1ccc2ncccc2c1. The van der Waals surface area contributed by atoms with Crippen LogP contribution < -0.4 is 0 Å². The zero-order valence-electron chi connectivity index (χ0n) is 10.4. The van der Waals surface area contributed by atoms with E-state index < -0.39 is 0 Å². The predicted octanol–water partition coefficient (Wildman–Crippen LogP) is 4.66. The highest BCUT2D eigenvalue weighted by Crippen LogP contribution is 2.19. The van der Waals surface area contributed by atoms with E-state index in [2.05, 4.69) is 28.7 Å². The van der Waals surface area contributed by atoms with Crippen LogP contribution in [0.15, 0.2) is 71.2 Å². The van der Waals surface area contributed by atoms with Crippen LogP contribution in [0, 0.1) is 0 Å². The summed E-state index contributed by atoms with van der Waals surface area (Å²) in [6.07, 6.45) is 5.50. The number of hydrogen-bond acceptors (Lipinski definition) is 4. The summed E-state index contributed by atoms with van der Waals surface area (Å²) in [7, 11) is 0. The Bertz CT molecular complexity index is 555. The molecule has 0 saturated heterocycles. The van der Waals surface area contributed by atoms with Crippen molar-refractivity contribution < 1.29 is 0 Å². The highest BCUT2D eigenvalue weighted by molar-refractivity contribution is 8.01. The highest BCUT2D eigenvalue weighted by Gasteiger charge is 1.90. The van der Waals surface area contributed by atoms with Gasteiger partial charge in [0.25, 0.3) is 0 Å². The quantitative estimate of drug-likeness (QED) is 0.517. The molecule has 2 heterocycles. The van der Waals surface area contributed by atoms with Crippen molar-refractivity contribution in [3.8, 4) is 0 Å². The molecular formula is C15H14N2S2. The zero-order chi connectivity index (χ0) is 13.3. The van der Waals surface area contributed by atoms with Gasteiger partial charge in [0.2, 0.25) is 0 Å². The lowest BCUT2D eigenvalue weighted by Crippen LogP contribution is -1.73. The van der Waals surface area contributed by atoms with Crippen LogP contribution >= 0.6 is 23.1 Å². The van der Waals surface area contributed by atoms with E-state index in [0.717, 1.165) is 15.6 Å². The number of rotatable bonds is 3. The molecule has 2 nitrogen and oxygen atoms in total. The van der Waals surface area contributed by atoms with Crippen LogP contribution in [0.25, 0.3) is 10.9 Å². The minimum Gasteiger partial charge on any atom is -0.256 e. The van der Waals surface area contributed by atoms with E-state index in [1.54, 1.807) is 23.1 Å². The second-order valence-electron chi connectivity index (χ2n) is 3.59. The first-order valence-electron chi connectivity index (χ1n) is 5.83. The Kier molecular flexibility index (Phi) is 5.59. The first kappa shape index (κ1) is 13.8. The number of para-hydroxylation sites is 1. The third kappa shape index (κ3) is 4.50. The van der Waals surface area contributed by atoms with Crippen LogP contribution in [0.5, 0.6) is 0 Å². The number of hydrogen-bond donors (Lipinski definition) is 0. The van der Waals surface area contributed by atoms with E-state index in [-0.39, 0.29) is 0 Å². The molecule has 0 bridgehead atoms. The zero-order valence-corrected chi connectivity index (χ0v) is 12.0. The number of benzene rings is 1. The number of thioether (sulfide) groups is 1. The standard InChI is InChI=1S/C9H7N.C6H7NS2/c1-2-6-9-8(4-1)5-3-7-10-9;1-2-4-8-6-7-3-5-9-6/h1-7H;2-3,5H,1,4H2. The molecule has 19 heavy (non-hydrogen) atoms. The average Bonchev–Trinajstić information content (AvgIpc) is 2.99. The number of fused-ring (bicyclic) bond motifs is 1. The highest BCUT2D eigenvalue weighted by atomic mass is 32.2. The Labute approximate surface area is 121 Å². The van der Waals surface area contributed by atoms with Crippen molar-refractivity contribution in [2.24, 2.45) is 0 Å². The third-order valence-corrected chi connectivity index (χ3v) is 4.21. The molecule has 0 unspecified atom stereocenters. The van der Waals surface area contributed by atoms with E-state index in [4.69, 9.17) is 0 Å². The van der Waals surface area contributed by atoms with E-state index in [0.29, 0.717) is 0 Å². The van der Waals surface area contributed by atoms with E-state index >= 15 is 0 Å². The molecule has 3 rings (SSSR count). The molecule has 0 spiro atoms. The number of pyridine rings is 1. The smallest absolute Gasteiger partial charge is 0.150 e. The topological polar surface area (TPSA) is 25.8 Å². The molecule has 0 aliphatic rings. The molecule has 3 aromatic rings. The predicted molar refractivity (Wildman–Crippen MR) is 84.8 cm³/mol. The lowest BCUT2D eigenvalue weighted by molar-refractivity contribution is 1.25. The van der Waals surface area contributed by atoms with Crippen LogP contribution in [-0.2, 0) is 0 Å². The molecule has 0 aliphatic heterocycles. The summed E-state index contributed by atoms with van der Waals surface area (Å²) in [5, 5.41) is 3.18. The van der Waals surface area contributed by atoms with Gasteiger partial charge in [-0.05, 0) is 12.1 Å². The maximum Gasteiger partial charge on any atom is 0.150 e. The van der Waals surface area contributed by atoms with Crippen molar-refractivity contribution in [2.75, 3.05) is 5.75 Å². The van der Waals surface area contributed by atoms with Crippen LogP contribution in [0.4, 0.5) is 0 Å². The van der Waals surface area contributed by atoms with Crippen molar-refractivity contribution in [3.63, 3.8) is 0 Å². The molecule has 1 aromatic carbocycles. The van der Waals surface area contributed by atoms with Gasteiger partial charge in [-0.15, -0.1) is 17.9 Å². The number of thiazole rings is 1. The molecule has 0 radical (unpaired) electrons. The molecule has 0 fully saturated rings. The summed E-state index contributed by atoms with van der Waals surface area (Å²) < 4.78 is 1.12. The average molecular weight is 286 g/mol. The second kappa shape index (κ2) is 7.71. The summed E-state index contributed by atoms with van der Waals surface area (Å²) in [4.78, 5) is 8.27. The summed E-state index contributed by atoms with van der Waals surface area (Å²) in [5.74, 6) is 0.952. The number of nitrogens with zero attached hydrogens (tertiary/aromatic N) is 2. The molecule has 4 heteroatoms. The van der Waals surface area contributed by atoms with Crippen molar-refractivity contribution >= 4 is 34.0 Å². The van der Waals surface area contributed by atoms with Gasteiger partial charge < -0.3 is 0 Å². The van der Waals surface area contributed by atoms with Crippen LogP contribution in [-0.4, -0.2) is 15.7 Å². The minimum absolute atomic E-state index is 0.952. The fourth-order valence-electron chi connectivity index (χ4n) is 1.43. The van der Waals surface area contributed by atoms with Gasteiger partial charge in [-0.25, -0.2) is 4.98 Å². The van der Waals surface area contributed by atoms with Crippen molar-refractivity contribution in [1.29, 1.82) is 0 Å². The van der Waals surface area contributed by atoms with Crippen molar-refractivity contribution in [3.05, 3.63) is 66.8 Å². The Morgan fingerprint density at radius 2 is 1.95 bits per heavy atom. The Balaban J connectivity index is 0.000000141. The van der Waals surface area contributed by atoms with Gasteiger partial charge in [0.1, 0.15) is 4.34 Å². The number of aromatic nitrogens is 2. The van der Waals surface area contributed by atoms with Gasteiger partial charge in [0.05, 0.1) is 5.52 Å². The van der Waals surface area contributed by atoms with Gasteiger partial charge in [-0.3, -0.25) is 4.98 Å². The summed E-state index contributed by atoms with van der Waals surface area (Å²) >= 11 is 3.38. The van der Waals surface area contributed by atoms with Gasteiger partial charge in [0.15, 0.2) is 0 Å². The minimum atomic E-state index is 0.952. The van der Waals surface area contributed by atoms with Gasteiger partial charge >= 0.3 is 0 Å². The lowest BCUT2D eigenvalue weighted by atomic mass is 10.2. The van der Waals surface area contributed by atoms with E-state index in [1.807, 2.05) is 48.1 Å². The molecule has 0 atom stereocenters. The Morgan fingerprint density at radius 1 is 1.11 bits per heavy atom. The Hall–Kier alpha value is -1.65. The molecule has 0 amide bonds. The summed E-state index contributed by atoms with van der Waals surface area (Å²) in [6.45, 7) is 3.62. The lowest BCUT2D eigenvalue weighted by Gasteiger charge is -1.91. The molecule has 96 valence electrons. The molecular weight excluding hydrogens is 272 g/mol. The van der Waals surface area contributed by atoms with E-state index in [9.17, 15) is 0 Å². The van der Waals surface area contributed by atoms with Crippen molar-refractivity contribution in [2.45, 2.75) is 4.34 Å². The molecule has 0 N–H and O–H groups in total. The largest absolute Gasteiger partial charge is 0.256 e. The maximum atomic E-state index is 4.18. The molecule has 2 aromatic heterocycles. The fraction of sp³-hybridized carbons (Fsp3) is 0.0667. The fourth-order valence-corrected chi connectivity index (χ4v) is 2.83. The van der Waals surface area contributed by atoms with Gasteiger partial charge in [-0.2, -0.15) is 0 Å². The molecule has 0 saturated carbocycles. The van der Waals surface area contributed by atoms with Crippen LogP contribution in [0.2, 0.25) is 0 Å². The van der Waals surface area contributed by atoms with Crippen LogP contribution in [0.1, 0.15) is 0 Å². The summed E-state index contributed by atoms with van der Waals surface area (Å²) in [5.41, 5.74) is 1.06. The summed E-state index contributed by atoms with van der Waals surface area (Å²) in [6, 6.07) is 12.1. The third-order valence-electron chi connectivity index (χ3n) is 2.25. The Morgan fingerprint density at radius 3 is 2.68 bits per heavy atom. The maximum absolute atomic E-state index is 4.18. The van der Waals surface area contributed by atoms with E-state index in [1.165, 1.54) is 5.39 Å². The van der Waals surface area contributed by atoms with Crippen molar-refractivity contribution in [1.82, 2.24) is 9.97 Å². The van der Waals surface area contributed by atoms with Crippen LogP contribution in [0.3, 0.4) is 0 Å². The van der Waals surface area contributed by atoms with Gasteiger partial charge in [0, 0.05) is 28.9 Å². The normalized spacial score (nSPS) is 9.68. The van der Waals surface area contributed by atoms with Gasteiger partial charge in [-0.1, -0.05) is 42.1 Å².